The molecule has 3 aromatic carbocycles. The molecule has 0 spiro atoms. The van der Waals surface area contributed by atoms with E-state index in [4.69, 9.17) is 8.97 Å². The van der Waals surface area contributed by atoms with Gasteiger partial charge in [0.05, 0.1) is 0 Å². The Balaban J connectivity index is 1.27. The monoisotopic (exact) mass is 520 g/mol. The van der Waals surface area contributed by atoms with E-state index in [0.29, 0.717) is 23.3 Å². The minimum Gasteiger partial charge on any atom is -0.416 e. The number of hydrogen-bond acceptors (Lipinski definition) is 7. The highest BCUT2D eigenvalue weighted by Crippen LogP contribution is 2.24. The van der Waals surface area contributed by atoms with Crippen molar-refractivity contribution in [2.75, 3.05) is 11.9 Å². The first-order chi connectivity index (χ1) is 17.7. The Labute approximate surface area is 215 Å². The quantitative estimate of drug-likeness (QED) is 0.257. The van der Waals surface area contributed by atoms with Gasteiger partial charge in [-0.3, -0.25) is 9.35 Å². The second-order valence-electron chi connectivity index (χ2n) is 8.87. The van der Waals surface area contributed by atoms with Gasteiger partial charge in [-0.2, -0.15) is 8.42 Å². The number of aromatic nitrogens is 2. The Hall–Kier alpha value is -4.02. The highest BCUT2D eigenvalue weighted by molar-refractivity contribution is 7.86. The van der Waals surface area contributed by atoms with Crippen molar-refractivity contribution in [3.8, 4) is 22.9 Å². The maximum absolute atomic E-state index is 12.1. The minimum atomic E-state index is -4.34. The molecule has 0 saturated carbocycles. The van der Waals surface area contributed by atoms with E-state index in [1.165, 1.54) is 12.5 Å². The Morgan fingerprint density at radius 1 is 0.892 bits per heavy atom. The lowest BCUT2D eigenvalue weighted by Crippen LogP contribution is -2.38. The minimum absolute atomic E-state index is 0.298. The van der Waals surface area contributed by atoms with Crippen LogP contribution in [0.25, 0.3) is 22.9 Å². The van der Waals surface area contributed by atoms with Crippen LogP contribution >= 0.6 is 0 Å². The predicted octanol–water partition coefficient (Wildman–Crippen LogP) is 4.66. The summed E-state index contributed by atoms with van der Waals surface area (Å²) in [4.78, 5) is 12.1. The molecule has 1 unspecified atom stereocenters. The SMILES string of the molecule is CC(CNc1ccc(C(=O)N[C@H](C)S(=O)(=O)O)cc1)Cc1ccc(-c2nnc(-c3ccccc3)o2)cc1. The van der Waals surface area contributed by atoms with Crippen LogP contribution < -0.4 is 10.6 Å². The maximum atomic E-state index is 12.1. The van der Waals surface area contributed by atoms with E-state index in [9.17, 15) is 13.2 Å². The molecule has 0 bridgehead atoms. The number of nitrogens with one attached hydrogen (secondary N) is 2. The average Bonchev–Trinajstić information content (AvgIpc) is 3.38. The number of carbonyl (C=O) groups excluding carboxylic acids is 1. The van der Waals surface area contributed by atoms with E-state index in [1.54, 1.807) is 24.3 Å². The van der Waals surface area contributed by atoms with E-state index in [-0.39, 0.29) is 0 Å². The van der Waals surface area contributed by atoms with Crippen molar-refractivity contribution in [1.29, 1.82) is 0 Å². The van der Waals surface area contributed by atoms with Crippen LogP contribution in [0.15, 0.2) is 83.3 Å². The van der Waals surface area contributed by atoms with Crippen LogP contribution in [0.3, 0.4) is 0 Å². The number of hydrogen-bond donors (Lipinski definition) is 3. The number of rotatable bonds is 10. The zero-order valence-electron chi connectivity index (χ0n) is 20.5. The van der Waals surface area contributed by atoms with E-state index >= 15 is 0 Å². The molecule has 10 heteroatoms. The second kappa shape index (κ2) is 11.4. The average molecular weight is 521 g/mol. The molecule has 0 radical (unpaired) electrons. The molecular formula is C27H28N4O5S. The molecule has 2 atom stereocenters. The molecule has 0 fully saturated rings. The van der Waals surface area contributed by atoms with Gasteiger partial charge in [-0.15, -0.1) is 10.2 Å². The summed E-state index contributed by atoms with van der Waals surface area (Å²) in [5.41, 5.74) is 4.06. The fourth-order valence-electron chi connectivity index (χ4n) is 3.67. The normalized spacial score (nSPS) is 13.1. The van der Waals surface area contributed by atoms with Crippen LogP contribution in [0.1, 0.15) is 29.8 Å². The van der Waals surface area contributed by atoms with Gasteiger partial charge in [0.25, 0.3) is 16.0 Å². The van der Waals surface area contributed by atoms with Crippen molar-refractivity contribution in [2.45, 2.75) is 25.6 Å². The Kier molecular flexibility index (Phi) is 8.00. The zero-order valence-corrected chi connectivity index (χ0v) is 21.3. The van der Waals surface area contributed by atoms with Gasteiger partial charge in [0.1, 0.15) is 0 Å². The van der Waals surface area contributed by atoms with Crippen molar-refractivity contribution < 1.29 is 22.2 Å². The van der Waals surface area contributed by atoms with Gasteiger partial charge in [0, 0.05) is 28.9 Å². The van der Waals surface area contributed by atoms with Gasteiger partial charge in [-0.25, -0.2) is 0 Å². The first-order valence-corrected chi connectivity index (χ1v) is 13.3. The number of amides is 1. The van der Waals surface area contributed by atoms with Gasteiger partial charge >= 0.3 is 0 Å². The summed E-state index contributed by atoms with van der Waals surface area (Å²) in [6, 6.07) is 24.4. The lowest BCUT2D eigenvalue weighted by Gasteiger charge is -2.15. The van der Waals surface area contributed by atoms with E-state index < -0.39 is 21.4 Å². The van der Waals surface area contributed by atoms with Gasteiger partial charge < -0.3 is 15.1 Å². The number of nitrogens with zero attached hydrogens (tertiary/aromatic N) is 2. The maximum Gasteiger partial charge on any atom is 0.285 e. The van der Waals surface area contributed by atoms with Crippen molar-refractivity contribution >= 4 is 21.7 Å². The molecule has 1 amide bonds. The molecule has 0 aliphatic rings. The third kappa shape index (κ3) is 7.02. The third-order valence-corrected chi connectivity index (χ3v) is 6.83. The molecule has 0 aliphatic heterocycles. The molecule has 0 saturated heterocycles. The molecule has 4 rings (SSSR count). The largest absolute Gasteiger partial charge is 0.416 e. The summed E-state index contributed by atoms with van der Waals surface area (Å²) in [5, 5.41) is 12.5. The lowest BCUT2D eigenvalue weighted by molar-refractivity contribution is 0.0948. The summed E-state index contributed by atoms with van der Waals surface area (Å²) >= 11 is 0. The Morgan fingerprint density at radius 3 is 2.08 bits per heavy atom. The molecular weight excluding hydrogens is 492 g/mol. The van der Waals surface area contributed by atoms with Crippen molar-refractivity contribution in [1.82, 2.24) is 15.5 Å². The van der Waals surface area contributed by atoms with E-state index in [0.717, 1.165) is 29.8 Å². The highest BCUT2D eigenvalue weighted by atomic mass is 32.2. The molecule has 3 N–H and O–H groups in total. The Morgan fingerprint density at radius 2 is 1.49 bits per heavy atom. The third-order valence-electron chi connectivity index (χ3n) is 5.81. The van der Waals surface area contributed by atoms with Crippen LogP contribution in [0.4, 0.5) is 5.69 Å². The molecule has 4 aromatic rings. The predicted molar refractivity (Wildman–Crippen MR) is 141 cm³/mol. The van der Waals surface area contributed by atoms with Crippen LogP contribution in [0.5, 0.6) is 0 Å². The van der Waals surface area contributed by atoms with E-state index in [2.05, 4.69) is 39.9 Å². The van der Waals surface area contributed by atoms with Crippen molar-refractivity contribution in [2.24, 2.45) is 5.92 Å². The van der Waals surface area contributed by atoms with Gasteiger partial charge in [0.2, 0.25) is 11.8 Å². The molecule has 0 aliphatic carbocycles. The highest BCUT2D eigenvalue weighted by Gasteiger charge is 2.20. The Bertz CT molecular complexity index is 1440. The second-order valence-corrected chi connectivity index (χ2v) is 10.6. The van der Waals surface area contributed by atoms with Crippen LogP contribution in [0, 0.1) is 5.92 Å². The number of benzene rings is 3. The van der Waals surface area contributed by atoms with Crippen LogP contribution in [-0.2, 0) is 16.5 Å². The molecule has 192 valence electrons. The topological polar surface area (TPSA) is 134 Å². The number of anilines is 1. The molecule has 37 heavy (non-hydrogen) atoms. The van der Waals surface area contributed by atoms with Crippen LogP contribution in [-0.4, -0.2) is 41.0 Å². The summed E-state index contributed by atoms with van der Waals surface area (Å²) in [7, 11) is -4.34. The fourth-order valence-corrected chi connectivity index (χ4v) is 3.93. The molecule has 1 heterocycles. The van der Waals surface area contributed by atoms with Gasteiger partial charge in [-0.1, -0.05) is 37.3 Å². The lowest BCUT2D eigenvalue weighted by atomic mass is 10.00. The summed E-state index contributed by atoms with van der Waals surface area (Å²) in [6.45, 7) is 4.06. The zero-order chi connectivity index (χ0) is 26.4. The molecule has 1 aromatic heterocycles. The fraction of sp³-hybridized carbons (Fsp3) is 0.222. The first-order valence-electron chi connectivity index (χ1n) is 11.8. The van der Waals surface area contributed by atoms with Gasteiger partial charge in [-0.05, 0) is 73.4 Å². The first kappa shape index (κ1) is 26.1. The van der Waals surface area contributed by atoms with Crippen LogP contribution in [0.2, 0.25) is 0 Å². The van der Waals surface area contributed by atoms with Gasteiger partial charge in [0.15, 0.2) is 5.37 Å². The van der Waals surface area contributed by atoms with Crippen molar-refractivity contribution in [3.05, 3.63) is 90.0 Å². The summed E-state index contributed by atoms with van der Waals surface area (Å²) in [5.74, 6) is 0.716. The molecule has 9 nitrogen and oxygen atoms in total. The van der Waals surface area contributed by atoms with E-state index in [1.807, 2.05) is 42.5 Å². The summed E-state index contributed by atoms with van der Waals surface area (Å²) in [6.07, 6.45) is 0.861. The number of carbonyl (C=O) groups is 1. The summed E-state index contributed by atoms with van der Waals surface area (Å²) < 4.78 is 37.0. The smallest absolute Gasteiger partial charge is 0.285 e. The van der Waals surface area contributed by atoms with Crippen molar-refractivity contribution in [3.63, 3.8) is 0 Å². The standard InChI is InChI=1S/C27H28N4O5S/c1-18(17-28-24-14-12-21(13-15-24)25(32)29-19(2)37(33,34)35)16-20-8-10-23(11-9-20)27-31-30-26(36-27)22-6-4-3-5-7-22/h3-15,18-19,28H,16-17H2,1-2H3,(H,29,32)(H,33,34,35)/t18?,19-/m0/s1.